The fourth-order valence-corrected chi connectivity index (χ4v) is 3.25. The predicted octanol–water partition coefficient (Wildman–Crippen LogP) is 3.56. The molecule has 1 N–H and O–H groups in total. The molecule has 0 saturated heterocycles. The Morgan fingerprint density at radius 1 is 1.28 bits per heavy atom. The van der Waals surface area contributed by atoms with Gasteiger partial charge in [0.25, 0.3) is 5.91 Å². The first-order valence-electron chi connectivity index (χ1n) is 8.03. The number of carboxylic acids is 1. The highest BCUT2D eigenvalue weighted by Crippen LogP contribution is 2.31. The summed E-state index contributed by atoms with van der Waals surface area (Å²) in [7, 11) is 0. The summed E-state index contributed by atoms with van der Waals surface area (Å²) in [6.07, 6.45) is 0. The molecule has 6 heteroatoms. The number of amides is 1. The number of rotatable bonds is 4. The molecule has 0 spiro atoms. The molecule has 1 aliphatic rings. The molecule has 2 aromatic carbocycles. The van der Waals surface area contributed by atoms with Crippen LogP contribution in [0.15, 0.2) is 42.5 Å². The molecule has 0 radical (unpaired) electrons. The van der Waals surface area contributed by atoms with Crippen molar-refractivity contribution in [2.24, 2.45) is 0 Å². The Balaban J connectivity index is 1.95. The normalized spacial score (nSPS) is 16.2. The molecule has 1 atom stereocenters. The highest BCUT2D eigenvalue weighted by atomic mass is 35.5. The SMILES string of the molecule is CCOc1cc(Cl)ccc1C(=O)N1Cc2ccccc2C(C(=O)O)C1. The number of ether oxygens (including phenoxy) is 1. The molecule has 0 aliphatic carbocycles. The zero-order chi connectivity index (χ0) is 18.0. The van der Waals surface area contributed by atoms with Crippen molar-refractivity contribution in [3.05, 3.63) is 64.2 Å². The number of carboxylic acid groups (broad SMARTS) is 1. The lowest BCUT2D eigenvalue weighted by Crippen LogP contribution is -2.40. The van der Waals surface area contributed by atoms with Crippen LogP contribution in [0.25, 0.3) is 0 Å². The van der Waals surface area contributed by atoms with Crippen LogP contribution in [-0.4, -0.2) is 35.0 Å². The summed E-state index contributed by atoms with van der Waals surface area (Å²) in [5.41, 5.74) is 2.00. The van der Waals surface area contributed by atoms with E-state index in [0.717, 1.165) is 11.1 Å². The maximum atomic E-state index is 13.0. The third-order valence-corrected chi connectivity index (χ3v) is 4.49. The summed E-state index contributed by atoms with van der Waals surface area (Å²) < 4.78 is 5.53. The molecular weight excluding hydrogens is 342 g/mol. The van der Waals surface area contributed by atoms with Crippen molar-refractivity contribution in [1.82, 2.24) is 4.90 Å². The fraction of sp³-hybridized carbons (Fsp3) is 0.263. The van der Waals surface area contributed by atoms with E-state index in [9.17, 15) is 14.7 Å². The molecule has 130 valence electrons. The quantitative estimate of drug-likeness (QED) is 0.906. The number of benzene rings is 2. The van der Waals surface area contributed by atoms with Crippen molar-refractivity contribution >= 4 is 23.5 Å². The summed E-state index contributed by atoms with van der Waals surface area (Å²) in [6.45, 7) is 2.72. The summed E-state index contributed by atoms with van der Waals surface area (Å²) >= 11 is 5.99. The van der Waals surface area contributed by atoms with E-state index in [1.165, 1.54) is 0 Å². The minimum absolute atomic E-state index is 0.124. The Kier molecular flexibility index (Phi) is 4.95. The molecule has 1 unspecified atom stereocenters. The van der Waals surface area contributed by atoms with Crippen molar-refractivity contribution in [1.29, 1.82) is 0 Å². The van der Waals surface area contributed by atoms with Gasteiger partial charge in [0.15, 0.2) is 0 Å². The lowest BCUT2D eigenvalue weighted by atomic mass is 9.89. The van der Waals surface area contributed by atoms with E-state index >= 15 is 0 Å². The minimum Gasteiger partial charge on any atom is -0.493 e. The molecule has 3 rings (SSSR count). The van der Waals surface area contributed by atoms with Crippen molar-refractivity contribution in [3.8, 4) is 5.75 Å². The van der Waals surface area contributed by atoms with Crippen LogP contribution in [0.3, 0.4) is 0 Å². The van der Waals surface area contributed by atoms with E-state index in [1.54, 1.807) is 23.1 Å². The van der Waals surface area contributed by atoms with Gasteiger partial charge >= 0.3 is 5.97 Å². The van der Waals surface area contributed by atoms with E-state index in [4.69, 9.17) is 16.3 Å². The Hall–Kier alpha value is -2.53. The fourth-order valence-electron chi connectivity index (χ4n) is 3.09. The van der Waals surface area contributed by atoms with Crippen LogP contribution < -0.4 is 4.74 Å². The smallest absolute Gasteiger partial charge is 0.312 e. The van der Waals surface area contributed by atoms with Crippen LogP contribution in [0.1, 0.15) is 34.3 Å². The second-order valence-electron chi connectivity index (χ2n) is 5.85. The third kappa shape index (κ3) is 3.46. The monoisotopic (exact) mass is 359 g/mol. The van der Waals surface area contributed by atoms with Gasteiger partial charge in [-0.05, 0) is 36.2 Å². The van der Waals surface area contributed by atoms with Crippen molar-refractivity contribution in [2.45, 2.75) is 19.4 Å². The number of hydrogen-bond donors (Lipinski definition) is 1. The van der Waals surface area contributed by atoms with Crippen molar-refractivity contribution in [3.63, 3.8) is 0 Å². The van der Waals surface area contributed by atoms with Gasteiger partial charge < -0.3 is 14.7 Å². The highest BCUT2D eigenvalue weighted by Gasteiger charge is 2.33. The van der Waals surface area contributed by atoms with Gasteiger partial charge in [-0.2, -0.15) is 0 Å². The lowest BCUT2D eigenvalue weighted by molar-refractivity contribution is -0.139. The van der Waals surface area contributed by atoms with E-state index in [2.05, 4.69) is 0 Å². The number of hydrogen-bond acceptors (Lipinski definition) is 3. The number of aliphatic carboxylic acids is 1. The van der Waals surface area contributed by atoms with Gasteiger partial charge in [-0.3, -0.25) is 9.59 Å². The van der Waals surface area contributed by atoms with Gasteiger partial charge in [0.1, 0.15) is 5.75 Å². The Bertz CT molecular complexity index is 821. The first-order chi connectivity index (χ1) is 12.0. The van der Waals surface area contributed by atoms with Gasteiger partial charge in [-0.15, -0.1) is 0 Å². The van der Waals surface area contributed by atoms with E-state index in [-0.39, 0.29) is 12.5 Å². The van der Waals surface area contributed by atoms with Gasteiger partial charge in [0.05, 0.1) is 18.1 Å². The molecule has 5 nitrogen and oxygen atoms in total. The Labute approximate surface area is 150 Å². The minimum atomic E-state index is -0.939. The standard InChI is InChI=1S/C19H18ClNO4/c1-2-25-17-9-13(20)7-8-15(17)18(22)21-10-12-5-3-4-6-14(12)16(11-21)19(23)24/h3-9,16H,2,10-11H2,1H3,(H,23,24). The maximum Gasteiger partial charge on any atom is 0.312 e. The van der Waals surface area contributed by atoms with E-state index in [0.29, 0.717) is 29.5 Å². The molecule has 25 heavy (non-hydrogen) atoms. The second-order valence-corrected chi connectivity index (χ2v) is 6.29. The molecule has 0 bridgehead atoms. The number of fused-ring (bicyclic) bond motifs is 1. The predicted molar refractivity (Wildman–Crippen MR) is 94.2 cm³/mol. The molecular formula is C19H18ClNO4. The lowest BCUT2D eigenvalue weighted by Gasteiger charge is -2.33. The summed E-state index contributed by atoms with van der Waals surface area (Å²) in [6, 6.07) is 12.2. The molecule has 1 amide bonds. The number of halogens is 1. The van der Waals surface area contributed by atoms with E-state index in [1.807, 2.05) is 31.2 Å². The van der Waals surface area contributed by atoms with Crippen LogP contribution in [-0.2, 0) is 11.3 Å². The zero-order valence-electron chi connectivity index (χ0n) is 13.7. The van der Waals surface area contributed by atoms with Gasteiger partial charge in [-0.1, -0.05) is 35.9 Å². The molecule has 0 aromatic heterocycles. The summed E-state index contributed by atoms with van der Waals surface area (Å²) in [5, 5.41) is 10.0. The number of carbonyl (C=O) groups is 2. The van der Waals surface area contributed by atoms with Crippen molar-refractivity contribution < 1.29 is 19.4 Å². The Morgan fingerprint density at radius 2 is 2.04 bits per heavy atom. The van der Waals surface area contributed by atoms with Crippen molar-refractivity contribution in [2.75, 3.05) is 13.2 Å². The second kappa shape index (κ2) is 7.15. The van der Waals surface area contributed by atoms with Crippen LogP contribution in [0.4, 0.5) is 0 Å². The van der Waals surface area contributed by atoms with Crippen LogP contribution in [0, 0.1) is 0 Å². The van der Waals surface area contributed by atoms with Crippen LogP contribution in [0.5, 0.6) is 5.75 Å². The van der Waals surface area contributed by atoms with Gasteiger partial charge in [0, 0.05) is 18.1 Å². The first-order valence-corrected chi connectivity index (χ1v) is 8.41. The molecule has 2 aromatic rings. The maximum absolute atomic E-state index is 13.0. The average molecular weight is 360 g/mol. The molecule has 0 saturated carbocycles. The van der Waals surface area contributed by atoms with Crippen LogP contribution in [0.2, 0.25) is 5.02 Å². The number of nitrogens with zero attached hydrogens (tertiary/aromatic N) is 1. The highest BCUT2D eigenvalue weighted by molar-refractivity contribution is 6.30. The first kappa shape index (κ1) is 17.3. The average Bonchev–Trinajstić information content (AvgIpc) is 2.60. The number of carbonyl (C=O) groups excluding carboxylic acids is 1. The molecule has 1 aliphatic heterocycles. The third-order valence-electron chi connectivity index (χ3n) is 4.25. The topological polar surface area (TPSA) is 66.8 Å². The summed E-state index contributed by atoms with van der Waals surface area (Å²) in [5.74, 6) is -1.53. The largest absolute Gasteiger partial charge is 0.493 e. The zero-order valence-corrected chi connectivity index (χ0v) is 14.5. The van der Waals surface area contributed by atoms with Gasteiger partial charge in [-0.25, -0.2) is 0 Å². The van der Waals surface area contributed by atoms with Crippen LogP contribution >= 0.6 is 11.6 Å². The molecule has 1 heterocycles. The molecule has 0 fully saturated rings. The van der Waals surface area contributed by atoms with E-state index < -0.39 is 11.9 Å². The Morgan fingerprint density at radius 3 is 2.76 bits per heavy atom. The van der Waals surface area contributed by atoms with Gasteiger partial charge in [0.2, 0.25) is 0 Å². The summed E-state index contributed by atoms with van der Waals surface area (Å²) in [4.78, 5) is 26.2.